The molecule has 0 fully saturated rings. The summed E-state index contributed by atoms with van der Waals surface area (Å²) in [5, 5.41) is 1.99. The Morgan fingerprint density at radius 2 is 1.26 bits per heavy atom. The number of benzene rings is 2. The molecule has 0 saturated carbocycles. The van der Waals surface area contributed by atoms with E-state index in [0.29, 0.717) is 24.3 Å². The molecular formula is C18H13F9N2O2. The van der Waals surface area contributed by atoms with Crippen molar-refractivity contribution in [2.24, 2.45) is 0 Å². The lowest BCUT2D eigenvalue weighted by molar-refractivity contribution is -0.294. The molecule has 0 radical (unpaired) electrons. The standard InChI is InChI=1S/C18H13F9N2O2/c1-31-13-8-2-10(3-9-13)14(30)29-16(17(22,23)24,18(25,26)27)28-12-6-4-11(5-7-12)15(19,20)21/h2-9,28H,1H3,(H,29,30). The molecule has 2 aromatic carbocycles. The van der Waals surface area contributed by atoms with Crippen molar-refractivity contribution < 1.29 is 49.0 Å². The summed E-state index contributed by atoms with van der Waals surface area (Å²) in [4.78, 5) is 12.2. The summed E-state index contributed by atoms with van der Waals surface area (Å²) in [5.74, 6) is -1.55. The van der Waals surface area contributed by atoms with Gasteiger partial charge in [0.05, 0.1) is 12.7 Å². The van der Waals surface area contributed by atoms with Gasteiger partial charge in [-0.3, -0.25) is 4.79 Å². The summed E-state index contributed by atoms with van der Waals surface area (Å²) in [7, 11) is 1.25. The molecule has 2 rings (SSSR count). The minimum atomic E-state index is -6.13. The van der Waals surface area contributed by atoms with Crippen LogP contribution in [0.5, 0.6) is 5.75 Å². The van der Waals surface area contributed by atoms with Crippen LogP contribution in [-0.4, -0.2) is 31.0 Å². The number of nitrogens with one attached hydrogen (secondary N) is 2. The number of ether oxygens (including phenoxy) is 1. The maximum absolute atomic E-state index is 13.6. The number of halogens is 9. The first kappa shape index (κ1) is 24.2. The zero-order valence-electron chi connectivity index (χ0n) is 15.3. The number of hydrogen-bond acceptors (Lipinski definition) is 3. The fraction of sp³-hybridized carbons (Fsp3) is 0.278. The van der Waals surface area contributed by atoms with Crippen molar-refractivity contribution in [3.63, 3.8) is 0 Å². The third-order valence-electron chi connectivity index (χ3n) is 4.05. The number of alkyl halides is 9. The van der Waals surface area contributed by atoms with Gasteiger partial charge in [-0.1, -0.05) is 0 Å². The van der Waals surface area contributed by atoms with Gasteiger partial charge in [-0.25, -0.2) is 0 Å². The summed E-state index contributed by atoms with van der Waals surface area (Å²) in [6.07, 6.45) is -17.1. The number of hydrogen-bond donors (Lipinski definition) is 2. The minimum absolute atomic E-state index is 0.192. The Hall–Kier alpha value is -3.12. The summed E-state index contributed by atoms with van der Waals surface area (Å²) in [5.41, 5.74) is -7.79. The van der Waals surface area contributed by atoms with E-state index in [2.05, 4.69) is 0 Å². The van der Waals surface area contributed by atoms with Crippen LogP contribution in [0.3, 0.4) is 0 Å². The van der Waals surface area contributed by atoms with E-state index in [1.54, 1.807) is 0 Å². The smallest absolute Gasteiger partial charge is 0.439 e. The lowest BCUT2D eigenvalue weighted by atomic mass is 10.1. The Morgan fingerprint density at radius 1 is 0.774 bits per heavy atom. The highest BCUT2D eigenvalue weighted by atomic mass is 19.4. The quantitative estimate of drug-likeness (QED) is 0.466. The average Bonchev–Trinajstić information content (AvgIpc) is 2.65. The van der Waals surface area contributed by atoms with Gasteiger partial charge in [-0.15, -0.1) is 0 Å². The monoisotopic (exact) mass is 460 g/mol. The second kappa shape index (κ2) is 8.19. The van der Waals surface area contributed by atoms with Crippen molar-refractivity contribution in [2.45, 2.75) is 24.2 Å². The van der Waals surface area contributed by atoms with Gasteiger partial charge in [0.25, 0.3) is 5.91 Å². The molecule has 0 aromatic heterocycles. The summed E-state index contributed by atoms with van der Waals surface area (Å²) in [6.45, 7) is 0. The molecule has 0 heterocycles. The molecule has 2 aromatic rings. The molecule has 0 aliphatic heterocycles. The van der Waals surface area contributed by atoms with Gasteiger partial charge in [0.2, 0.25) is 0 Å². The van der Waals surface area contributed by atoms with Crippen LogP contribution in [-0.2, 0) is 6.18 Å². The first-order valence-electron chi connectivity index (χ1n) is 8.16. The number of amides is 1. The van der Waals surface area contributed by atoms with E-state index in [4.69, 9.17) is 4.74 Å². The molecule has 0 aliphatic rings. The Morgan fingerprint density at radius 3 is 1.65 bits per heavy atom. The highest BCUT2D eigenvalue weighted by Gasteiger charge is 2.72. The van der Waals surface area contributed by atoms with Gasteiger partial charge in [0.15, 0.2) is 0 Å². The van der Waals surface area contributed by atoms with Crippen LogP contribution in [0.15, 0.2) is 48.5 Å². The number of carbonyl (C=O) groups excluding carboxylic acids is 1. The van der Waals surface area contributed by atoms with Crippen molar-refractivity contribution in [3.05, 3.63) is 59.7 Å². The van der Waals surface area contributed by atoms with Crippen LogP contribution in [0.1, 0.15) is 15.9 Å². The van der Waals surface area contributed by atoms with E-state index in [0.717, 1.165) is 34.9 Å². The molecule has 0 aliphatic carbocycles. The Kier molecular flexibility index (Phi) is 6.38. The minimum Gasteiger partial charge on any atom is -0.497 e. The van der Waals surface area contributed by atoms with Crippen LogP contribution >= 0.6 is 0 Å². The van der Waals surface area contributed by atoms with Crippen molar-refractivity contribution in [1.82, 2.24) is 5.32 Å². The molecule has 170 valence electrons. The van der Waals surface area contributed by atoms with E-state index in [1.165, 1.54) is 7.11 Å². The number of anilines is 1. The molecule has 0 bridgehead atoms. The molecule has 31 heavy (non-hydrogen) atoms. The van der Waals surface area contributed by atoms with Crippen LogP contribution in [0, 0.1) is 0 Å². The molecular weight excluding hydrogens is 447 g/mol. The molecule has 2 N–H and O–H groups in total. The fourth-order valence-corrected chi connectivity index (χ4v) is 2.42. The Labute approximate surface area is 169 Å². The van der Waals surface area contributed by atoms with Crippen LogP contribution < -0.4 is 15.4 Å². The first-order valence-corrected chi connectivity index (χ1v) is 8.16. The second-order valence-corrected chi connectivity index (χ2v) is 6.13. The van der Waals surface area contributed by atoms with E-state index < -0.39 is 46.9 Å². The van der Waals surface area contributed by atoms with Crippen molar-refractivity contribution >= 4 is 11.6 Å². The van der Waals surface area contributed by atoms with Gasteiger partial charge in [-0.2, -0.15) is 39.5 Å². The predicted molar refractivity (Wildman–Crippen MR) is 90.4 cm³/mol. The van der Waals surface area contributed by atoms with Crippen molar-refractivity contribution in [2.75, 3.05) is 12.4 Å². The summed E-state index contributed by atoms with van der Waals surface area (Å²) < 4.78 is 124. The van der Waals surface area contributed by atoms with E-state index in [9.17, 15) is 44.3 Å². The van der Waals surface area contributed by atoms with Gasteiger partial charge >= 0.3 is 24.2 Å². The van der Waals surface area contributed by atoms with Gasteiger partial charge < -0.3 is 15.4 Å². The molecule has 0 unspecified atom stereocenters. The topological polar surface area (TPSA) is 50.4 Å². The van der Waals surface area contributed by atoms with Crippen molar-refractivity contribution in [3.8, 4) is 5.75 Å². The summed E-state index contributed by atoms with van der Waals surface area (Å²) in [6, 6.07) is 5.51. The fourth-order valence-electron chi connectivity index (χ4n) is 2.42. The van der Waals surface area contributed by atoms with Gasteiger partial charge in [0, 0.05) is 11.3 Å². The third kappa shape index (κ3) is 5.14. The largest absolute Gasteiger partial charge is 0.497 e. The molecule has 1 amide bonds. The Balaban J connectivity index is 2.47. The zero-order valence-corrected chi connectivity index (χ0v) is 15.3. The lowest BCUT2D eigenvalue weighted by Crippen LogP contribution is -2.72. The Bertz CT molecular complexity index is 888. The van der Waals surface area contributed by atoms with E-state index >= 15 is 0 Å². The second-order valence-electron chi connectivity index (χ2n) is 6.13. The number of rotatable bonds is 5. The maximum Gasteiger partial charge on any atom is 0.439 e. The molecule has 13 heteroatoms. The first-order chi connectivity index (χ1) is 14.1. The van der Waals surface area contributed by atoms with Crippen LogP contribution in [0.4, 0.5) is 45.2 Å². The highest BCUT2D eigenvalue weighted by molar-refractivity contribution is 5.95. The normalized spacial score (nSPS) is 13.0. The van der Waals surface area contributed by atoms with E-state index in [1.807, 2.05) is 0 Å². The molecule has 0 atom stereocenters. The number of methoxy groups -OCH3 is 1. The third-order valence-corrected chi connectivity index (χ3v) is 4.05. The van der Waals surface area contributed by atoms with E-state index in [-0.39, 0.29) is 5.75 Å². The van der Waals surface area contributed by atoms with Crippen molar-refractivity contribution in [1.29, 1.82) is 0 Å². The molecule has 0 spiro atoms. The maximum atomic E-state index is 13.6. The zero-order chi connectivity index (χ0) is 23.7. The van der Waals surface area contributed by atoms with Crippen LogP contribution in [0.2, 0.25) is 0 Å². The molecule has 4 nitrogen and oxygen atoms in total. The van der Waals surface area contributed by atoms with Gasteiger partial charge in [-0.05, 0) is 48.5 Å². The SMILES string of the molecule is COc1ccc(C(=O)NC(Nc2ccc(C(F)(F)F)cc2)(C(F)(F)F)C(F)(F)F)cc1. The van der Waals surface area contributed by atoms with Gasteiger partial charge in [0.1, 0.15) is 5.75 Å². The highest BCUT2D eigenvalue weighted by Crippen LogP contribution is 2.44. The van der Waals surface area contributed by atoms with Crippen LogP contribution in [0.25, 0.3) is 0 Å². The molecule has 0 saturated heterocycles. The lowest BCUT2D eigenvalue weighted by Gasteiger charge is -2.39. The number of carbonyl (C=O) groups is 1. The average molecular weight is 460 g/mol. The summed E-state index contributed by atoms with van der Waals surface area (Å²) >= 11 is 0. The predicted octanol–water partition coefficient (Wildman–Crippen LogP) is 5.38.